The largest absolute Gasteiger partial charge is 0.496 e. The van der Waals surface area contributed by atoms with Gasteiger partial charge in [0.05, 0.1) is 13.7 Å². The average molecular weight is 235 g/mol. The van der Waals surface area contributed by atoms with Gasteiger partial charge in [-0.2, -0.15) is 0 Å². The lowest BCUT2D eigenvalue weighted by molar-refractivity contribution is 0.183. The van der Waals surface area contributed by atoms with Crippen LogP contribution in [0.25, 0.3) is 0 Å². The van der Waals surface area contributed by atoms with E-state index in [1.54, 1.807) is 14.2 Å². The highest BCUT2D eigenvalue weighted by Gasteiger charge is 2.50. The van der Waals surface area contributed by atoms with Crippen molar-refractivity contribution >= 4 is 0 Å². The van der Waals surface area contributed by atoms with E-state index < -0.39 is 0 Å². The highest BCUT2D eigenvalue weighted by atomic mass is 16.5. The first-order valence-electron chi connectivity index (χ1n) is 6.06. The predicted octanol–water partition coefficient (Wildman–Crippen LogP) is 2.22. The maximum absolute atomic E-state index is 6.16. The molecule has 1 aromatic rings. The minimum Gasteiger partial charge on any atom is -0.496 e. The van der Waals surface area contributed by atoms with Gasteiger partial charge in [0.2, 0.25) is 0 Å². The Morgan fingerprint density at radius 1 is 1.35 bits per heavy atom. The summed E-state index contributed by atoms with van der Waals surface area (Å²) in [6.45, 7) is 2.69. The molecule has 3 nitrogen and oxygen atoms in total. The van der Waals surface area contributed by atoms with Crippen molar-refractivity contribution in [3.63, 3.8) is 0 Å². The molecular formula is C14H21NO2. The molecule has 0 spiro atoms. The molecule has 1 fully saturated rings. The van der Waals surface area contributed by atoms with Gasteiger partial charge in [0.1, 0.15) is 5.75 Å². The summed E-state index contributed by atoms with van der Waals surface area (Å²) in [5, 5.41) is 0. The number of hydrogen-bond donors (Lipinski definition) is 1. The van der Waals surface area contributed by atoms with E-state index >= 15 is 0 Å². The van der Waals surface area contributed by atoms with Crippen LogP contribution in [0.4, 0.5) is 0 Å². The Morgan fingerprint density at radius 3 is 2.53 bits per heavy atom. The van der Waals surface area contributed by atoms with Gasteiger partial charge in [0.25, 0.3) is 0 Å². The first-order valence-corrected chi connectivity index (χ1v) is 6.06. The Balaban J connectivity index is 2.49. The van der Waals surface area contributed by atoms with Gasteiger partial charge in [0.15, 0.2) is 0 Å². The molecule has 0 amide bonds. The van der Waals surface area contributed by atoms with Gasteiger partial charge in [-0.15, -0.1) is 0 Å². The normalized spacial score (nSPS) is 18.8. The summed E-state index contributed by atoms with van der Waals surface area (Å²) in [7, 11) is 3.43. The molecule has 1 aliphatic rings. The topological polar surface area (TPSA) is 44.5 Å². The lowest BCUT2D eigenvalue weighted by Gasteiger charge is -2.25. The fraction of sp³-hybridized carbons (Fsp3) is 0.571. The van der Waals surface area contributed by atoms with Crippen LogP contribution >= 0.6 is 0 Å². The predicted molar refractivity (Wildman–Crippen MR) is 68.3 cm³/mol. The standard InChI is InChI=1S/C14H21NO2/c1-10(15)14(7-8-14)13-11(9-16-2)5-4-6-12(13)17-3/h4-6,10H,7-9,15H2,1-3H3. The van der Waals surface area contributed by atoms with Crippen LogP contribution < -0.4 is 10.5 Å². The number of benzene rings is 1. The quantitative estimate of drug-likeness (QED) is 0.851. The third-order valence-corrected chi connectivity index (χ3v) is 3.79. The molecule has 0 saturated heterocycles. The summed E-state index contributed by atoms with van der Waals surface area (Å²) in [5.74, 6) is 0.939. The highest BCUT2D eigenvalue weighted by Crippen LogP contribution is 2.54. The number of methoxy groups -OCH3 is 2. The van der Waals surface area contributed by atoms with Crippen LogP contribution in [0.1, 0.15) is 30.9 Å². The minimum atomic E-state index is 0.0977. The molecule has 1 atom stereocenters. The Kier molecular flexibility index (Phi) is 3.40. The van der Waals surface area contributed by atoms with Crippen molar-refractivity contribution in [3.05, 3.63) is 29.3 Å². The van der Waals surface area contributed by atoms with Gasteiger partial charge in [-0.1, -0.05) is 12.1 Å². The second-order valence-corrected chi connectivity index (χ2v) is 4.87. The number of ether oxygens (including phenoxy) is 2. The van der Waals surface area contributed by atoms with E-state index in [0.717, 1.165) is 18.6 Å². The van der Waals surface area contributed by atoms with E-state index in [2.05, 4.69) is 13.0 Å². The molecular weight excluding hydrogens is 214 g/mol. The Morgan fingerprint density at radius 2 is 2.06 bits per heavy atom. The van der Waals surface area contributed by atoms with E-state index in [1.165, 1.54) is 11.1 Å². The fourth-order valence-corrected chi connectivity index (χ4v) is 2.66. The molecule has 0 radical (unpaired) electrons. The van der Waals surface area contributed by atoms with E-state index in [-0.39, 0.29) is 11.5 Å². The summed E-state index contributed by atoms with van der Waals surface area (Å²) in [5.41, 5.74) is 8.70. The van der Waals surface area contributed by atoms with Crippen molar-refractivity contribution in [1.29, 1.82) is 0 Å². The summed E-state index contributed by atoms with van der Waals surface area (Å²) in [6, 6.07) is 6.27. The van der Waals surface area contributed by atoms with E-state index in [4.69, 9.17) is 15.2 Å². The second kappa shape index (κ2) is 4.67. The summed E-state index contributed by atoms with van der Waals surface area (Å²) in [4.78, 5) is 0. The molecule has 2 rings (SSSR count). The Bertz CT molecular complexity index is 397. The first kappa shape index (κ1) is 12.4. The van der Waals surface area contributed by atoms with Crippen molar-refractivity contribution < 1.29 is 9.47 Å². The van der Waals surface area contributed by atoms with Crippen LogP contribution in [0.3, 0.4) is 0 Å². The van der Waals surface area contributed by atoms with Crippen LogP contribution in [0.5, 0.6) is 5.75 Å². The molecule has 1 aliphatic carbocycles. The zero-order chi connectivity index (χ0) is 12.5. The molecule has 1 saturated carbocycles. The molecule has 2 N–H and O–H groups in total. The van der Waals surface area contributed by atoms with Crippen molar-refractivity contribution in [2.24, 2.45) is 5.73 Å². The highest BCUT2D eigenvalue weighted by molar-refractivity contribution is 5.49. The van der Waals surface area contributed by atoms with Gasteiger partial charge < -0.3 is 15.2 Å². The van der Waals surface area contributed by atoms with Crippen molar-refractivity contribution in [3.8, 4) is 5.75 Å². The summed E-state index contributed by atoms with van der Waals surface area (Å²) >= 11 is 0. The van der Waals surface area contributed by atoms with Crippen molar-refractivity contribution in [2.45, 2.75) is 37.8 Å². The third-order valence-electron chi connectivity index (χ3n) is 3.79. The van der Waals surface area contributed by atoms with Crippen LogP contribution in [0.2, 0.25) is 0 Å². The number of nitrogens with two attached hydrogens (primary N) is 1. The van der Waals surface area contributed by atoms with E-state index in [9.17, 15) is 0 Å². The molecule has 3 heteroatoms. The van der Waals surface area contributed by atoms with E-state index in [1.807, 2.05) is 12.1 Å². The summed E-state index contributed by atoms with van der Waals surface area (Å²) < 4.78 is 10.8. The molecule has 1 unspecified atom stereocenters. The zero-order valence-corrected chi connectivity index (χ0v) is 10.8. The number of rotatable bonds is 5. The lowest BCUT2D eigenvalue weighted by Crippen LogP contribution is -2.32. The minimum absolute atomic E-state index is 0.0977. The fourth-order valence-electron chi connectivity index (χ4n) is 2.66. The maximum atomic E-state index is 6.16. The smallest absolute Gasteiger partial charge is 0.123 e. The van der Waals surface area contributed by atoms with Crippen LogP contribution in [-0.2, 0) is 16.8 Å². The Labute approximate surface area is 103 Å². The zero-order valence-electron chi connectivity index (χ0n) is 10.8. The van der Waals surface area contributed by atoms with Crippen molar-refractivity contribution in [1.82, 2.24) is 0 Å². The molecule has 0 aromatic heterocycles. The summed E-state index contributed by atoms with van der Waals surface area (Å²) in [6.07, 6.45) is 2.28. The molecule has 1 aromatic carbocycles. The molecule has 0 aliphatic heterocycles. The number of hydrogen-bond acceptors (Lipinski definition) is 3. The maximum Gasteiger partial charge on any atom is 0.123 e. The lowest BCUT2D eigenvalue weighted by atomic mass is 9.85. The third kappa shape index (κ3) is 2.05. The molecule has 17 heavy (non-hydrogen) atoms. The molecule has 0 bridgehead atoms. The molecule has 0 heterocycles. The van der Waals surface area contributed by atoms with E-state index in [0.29, 0.717) is 6.61 Å². The van der Waals surface area contributed by atoms with Gasteiger partial charge in [-0.05, 0) is 31.4 Å². The van der Waals surface area contributed by atoms with Crippen LogP contribution in [0, 0.1) is 0 Å². The van der Waals surface area contributed by atoms with Crippen LogP contribution in [-0.4, -0.2) is 20.3 Å². The second-order valence-electron chi connectivity index (χ2n) is 4.87. The Hall–Kier alpha value is -1.06. The monoisotopic (exact) mass is 235 g/mol. The van der Waals surface area contributed by atoms with Crippen LogP contribution in [0.15, 0.2) is 18.2 Å². The van der Waals surface area contributed by atoms with Gasteiger partial charge in [0, 0.05) is 24.1 Å². The molecule has 94 valence electrons. The first-order chi connectivity index (χ1) is 8.15. The SMILES string of the molecule is COCc1cccc(OC)c1C1(C(C)N)CC1. The van der Waals surface area contributed by atoms with Gasteiger partial charge in [-0.25, -0.2) is 0 Å². The van der Waals surface area contributed by atoms with Crippen molar-refractivity contribution in [2.75, 3.05) is 14.2 Å². The average Bonchev–Trinajstić information content (AvgIpc) is 3.10. The van der Waals surface area contributed by atoms with Gasteiger partial charge >= 0.3 is 0 Å². The van der Waals surface area contributed by atoms with Gasteiger partial charge in [-0.3, -0.25) is 0 Å².